The quantitative estimate of drug-likeness (QED) is 0.747. The molecule has 0 amide bonds. The van der Waals surface area contributed by atoms with Crippen LogP contribution in [0.15, 0.2) is 24.3 Å². The Balaban J connectivity index is 2.98. The first kappa shape index (κ1) is 11.0. The van der Waals surface area contributed by atoms with Gasteiger partial charge in [-0.3, -0.25) is 10.0 Å². The maximum absolute atomic E-state index is 11.2. The summed E-state index contributed by atoms with van der Waals surface area (Å²) in [6.07, 6.45) is 1.16. The molecule has 1 N–H and O–H groups in total. The number of anilines is 1. The lowest BCUT2D eigenvalue weighted by molar-refractivity contribution is 0.600. The lowest BCUT2D eigenvalue weighted by Gasteiger charge is -2.16. The Hall–Kier alpha value is -1.07. The van der Waals surface area contributed by atoms with Crippen molar-refractivity contribution in [2.45, 2.75) is 6.54 Å². The Morgan fingerprint density at radius 1 is 1.29 bits per heavy atom. The van der Waals surface area contributed by atoms with E-state index in [-0.39, 0.29) is 6.54 Å². The van der Waals surface area contributed by atoms with Gasteiger partial charge in [-0.05, 0) is 17.7 Å². The molecule has 0 aromatic heterocycles. The van der Waals surface area contributed by atoms with Crippen molar-refractivity contribution < 1.29 is 8.42 Å². The third-order valence-electron chi connectivity index (χ3n) is 2.00. The number of hydrogen-bond donors (Lipinski definition) is 0. The van der Waals surface area contributed by atoms with Crippen LogP contribution in [0, 0.1) is 0 Å². The van der Waals surface area contributed by atoms with Crippen LogP contribution in [0.5, 0.6) is 0 Å². The highest BCUT2D eigenvalue weighted by Gasteiger charge is 2.10. The fourth-order valence-corrected chi connectivity index (χ4v) is 1.52. The second kappa shape index (κ2) is 3.98. The molecule has 0 atom stereocenters. The van der Waals surface area contributed by atoms with Gasteiger partial charge in [0.05, 0.1) is 11.9 Å². The first-order valence-corrected chi connectivity index (χ1v) is 5.97. The van der Waals surface area contributed by atoms with Gasteiger partial charge >= 0.3 is 0 Å². The molecule has 0 saturated carbocycles. The lowest BCUT2D eigenvalue weighted by Crippen LogP contribution is -2.24. The summed E-state index contributed by atoms with van der Waals surface area (Å²) in [5.74, 6) is 0. The maximum Gasteiger partial charge on any atom is 0.231 e. The molecule has 0 bridgehead atoms. The smallest absolute Gasteiger partial charge is 0.231 e. The molecule has 0 aliphatic carbocycles. The number of rotatable bonds is 3. The molecule has 5 heteroatoms. The first-order chi connectivity index (χ1) is 6.45. The number of nitrogens with one attached hydrogen (secondary N) is 1. The van der Waals surface area contributed by atoms with Gasteiger partial charge in [-0.1, -0.05) is 12.1 Å². The summed E-state index contributed by atoms with van der Waals surface area (Å²) in [7, 11) is -1.68. The van der Waals surface area contributed by atoms with E-state index in [9.17, 15) is 8.42 Å². The third-order valence-corrected chi connectivity index (χ3v) is 3.21. The Labute approximate surface area is 84.4 Å². The van der Waals surface area contributed by atoms with Gasteiger partial charge in [0.25, 0.3) is 0 Å². The molecule has 0 fully saturated rings. The Bertz CT molecular complexity index is 397. The Kier molecular flexibility index (Phi) is 3.13. The number of nitrogens with zero attached hydrogens (tertiary/aromatic N) is 1. The van der Waals surface area contributed by atoms with Crippen LogP contribution in [0.3, 0.4) is 0 Å². The van der Waals surface area contributed by atoms with Gasteiger partial charge in [-0.25, -0.2) is 8.42 Å². The summed E-state index contributed by atoms with van der Waals surface area (Å²) in [5, 5.41) is 0. The minimum atomic E-state index is -3.19. The molecule has 0 aliphatic heterocycles. The summed E-state index contributed by atoms with van der Waals surface area (Å²) in [4.78, 5) is 0. The van der Waals surface area contributed by atoms with Crippen molar-refractivity contribution >= 4 is 15.7 Å². The fourth-order valence-electron chi connectivity index (χ4n) is 1.02. The van der Waals surface area contributed by atoms with Crippen LogP contribution in [0.1, 0.15) is 5.56 Å². The average Bonchev–Trinajstić information content (AvgIpc) is 2.15. The highest BCUT2D eigenvalue weighted by molar-refractivity contribution is 7.92. The number of benzene rings is 1. The van der Waals surface area contributed by atoms with E-state index in [0.717, 1.165) is 11.8 Å². The summed E-state index contributed by atoms with van der Waals surface area (Å²) in [5.41, 5.74) is 8.60. The number of sulfonamides is 1. The molecule has 1 aromatic rings. The molecular formula is C9H13N2O2S. The van der Waals surface area contributed by atoms with E-state index in [4.69, 9.17) is 5.73 Å². The van der Waals surface area contributed by atoms with Gasteiger partial charge in [0, 0.05) is 13.6 Å². The molecule has 14 heavy (non-hydrogen) atoms. The van der Waals surface area contributed by atoms with E-state index in [1.165, 1.54) is 11.4 Å². The molecule has 77 valence electrons. The first-order valence-electron chi connectivity index (χ1n) is 4.12. The molecule has 1 aromatic carbocycles. The van der Waals surface area contributed by atoms with E-state index in [0.29, 0.717) is 5.69 Å². The molecule has 0 heterocycles. The normalized spacial score (nSPS) is 11.4. The maximum atomic E-state index is 11.2. The van der Waals surface area contributed by atoms with Gasteiger partial charge < -0.3 is 0 Å². The average molecular weight is 213 g/mol. The van der Waals surface area contributed by atoms with Crippen LogP contribution in [0.25, 0.3) is 0 Å². The van der Waals surface area contributed by atoms with Gasteiger partial charge in [-0.15, -0.1) is 0 Å². The zero-order valence-corrected chi connectivity index (χ0v) is 9.00. The summed E-state index contributed by atoms with van der Waals surface area (Å²) in [6.45, 7) is 0.211. The molecule has 1 radical (unpaired) electrons. The van der Waals surface area contributed by atoms with E-state index in [1.807, 2.05) is 0 Å². The highest BCUT2D eigenvalue weighted by Crippen LogP contribution is 2.15. The predicted octanol–water partition coefficient (Wildman–Crippen LogP) is 0.865. The summed E-state index contributed by atoms with van der Waals surface area (Å²) < 4.78 is 23.6. The molecular weight excluding hydrogens is 200 g/mol. The zero-order valence-electron chi connectivity index (χ0n) is 8.19. The van der Waals surface area contributed by atoms with E-state index < -0.39 is 10.0 Å². The van der Waals surface area contributed by atoms with Crippen molar-refractivity contribution in [1.82, 2.24) is 5.73 Å². The minimum absolute atomic E-state index is 0.211. The van der Waals surface area contributed by atoms with Crippen molar-refractivity contribution in [3.8, 4) is 0 Å². The van der Waals surface area contributed by atoms with Crippen LogP contribution in [-0.4, -0.2) is 21.7 Å². The largest absolute Gasteiger partial charge is 0.274 e. The predicted molar refractivity (Wildman–Crippen MR) is 56.5 cm³/mol. The van der Waals surface area contributed by atoms with Crippen molar-refractivity contribution in [2.75, 3.05) is 17.6 Å². The zero-order chi connectivity index (χ0) is 10.8. The van der Waals surface area contributed by atoms with Gasteiger partial charge in [0.15, 0.2) is 0 Å². The monoisotopic (exact) mass is 213 g/mol. The SMILES string of the molecule is CN(c1ccc(C[NH])cc1)S(C)(=O)=O. The van der Waals surface area contributed by atoms with Gasteiger partial charge in [-0.2, -0.15) is 0 Å². The van der Waals surface area contributed by atoms with Crippen LogP contribution in [0.4, 0.5) is 5.69 Å². The molecule has 0 aliphatic rings. The van der Waals surface area contributed by atoms with Crippen molar-refractivity contribution in [2.24, 2.45) is 0 Å². The Morgan fingerprint density at radius 2 is 1.79 bits per heavy atom. The Morgan fingerprint density at radius 3 is 2.14 bits per heavy atom. The molecule has 0 unspecified atom stereocenters. The second-order valence-electron chi connectivity index (χ2n) is 3.07. The molecule has 0 spiro atoms. The van der Waals surface area contributed by atoms with Gasteiger partial charge in [0.1, 0.15) is 0 Å². The fraction of sp³-hybridized carbons (Fsp3) is 0.333. The molecule has 0 saturated heterocycles. The van der Waals surface area contributed by atoms with E-state index in [2.05, 4.69) is 0 Å². The topological polar surface area (TPSA) is 61.2 Å². The van der Waals surface area contributed by atoms with Crippen LogP contribution >= 0.6 is 0 Å². The highest BCUT2D eigenvalue weighted by atomic mass is 32.2. The van der Waals surface area contributed by atoms with Crippen molar-refractivity contribution in [3.05, 3.63) is 29.8 Å². The van der Waals surface area contributed by atoms with Crippen molar-refractivity contribution in [3.63, 3.8) is 0 Å². The molecule has 1 rings (SSSR count). The summed E-state index contributed by atoms with van der Waals surface area (Å²) in [6, 6.07) is 6.91. The molecule has 4 nitrogen and oxygen atoms in total. The second-order valence-corrected chi connectivity index (χ2v) is 5.09. The van der Waals surface area contributed by atoms with Crippen LogP contribution < -0.4 is 10.0 Å². The van der Waals surface area contributed by atoms with Crippen LogP contribution in [0.2, 0.25) is 0 Å². The lowest BCUT2D eigenvalue weighted by atomic mass is 10.2. The summed E-state index contributed by atoms with van der Waals surface area (Å²) >= 11 is 0. The standard InChI is InChI=1S/C9H13N2O2S/c1-11(14(2,12)13)9-5-3-8(7-10)4-6-9/h3-6,10H,7H2,1-2H3. The minimum Gasteiger partial charge on any atom is -0.274 e. The van der Waals surface area contributed by atoms with E-state index in [1.54, 1.807) is 24.3 Å². The van der Waals surface area contributed by atoms with Gasteiger partial charge in [0.2, 0.25) is 10.0 Å². The third kappa shape index (κ3) is 2.46. The van der Waals surface area contributed by atoms with E-state index >= 15 is 0 Å². The number of hydrogen-bond acceptors (Lipinski definition) is 2. The van der Waals surface area contributed by atoms with Crippen LogP contribution in [-0.2, 0) is 16.6 Å². The van der Waals surface area contributed by atoms with Crippen molar-refractivity contribution in [1.29, 1.82) is 0 Å².